The summed E-state index contributed by atoms with van der Waals surface area (Å²) < 4.78 is 5.47. The molecule has 0 bridgehead atoms. The number of rotatable bonds is 6. The van der Waals surface area contributed by atoms with Gasteiger partial charge in [0.15, 0.2) is 0 Å². The largest absolute Gasteiger partial charge is 0.496 e. The lowest BCUT2D eigenvalue weighted by molar-refractivity contribution is 0.380. The van der Waals surface area contributed by atoms with E-state index in [-0.39, 0.29) is 5.41 Å². The number of hydrogen-bond acceptors (Lipinski definition) is 3. The zero-order valence-corrected chi connectivity index (χ0v) is 12.3. The molecule has 2 rings (SSSR count). The Morgan fingerprint density at radius 1 is 1.37 bits per heavy atom. The van der Waals surface area contributed by atoms with Crippen molar-refractivity contribution in [2.75, 3.05) is 33.3 Å². The van der Waals surface area contributed by atoms with Crippen LogP contribution in [0, 0.1) is 5.92 Å². The molecule has 0 saturated carbocycles. The van der Waals surface area contributed by atoms with E-state index in [0.717, 1.165) is 31.3 Å². The Kier molecular flexibility index (Phi) is 4.83. The Hall–Kier alpha value is -1.06. The third-order valence-electron chi connectivity index (χ3n) is 4.00. The van der Waals surface area contributed by atoms with Crippen molar-refractivity contribution in [2.45, 2.75) is 25.7 Å². The highest BCUT2D eigenvalue weighted by Crippen LogP contribution is 2.30. The molecule has 1 aromatic rings. The average Bonchev–Trinajstić information content (AvgIpc) is 2.91. The smallest absolute Gasteiger partial charge is 0.122 e. The molecule has 0 spiro atoms. The van der Waals surface area contributed by atoms with E-state index in [1.807, 2.05) is 12.1 Å². The van der Waals surface area contributed by atoms with Crippen LogP contribution in [0.3, 0.4) is 0 Å². The summed E-state index contributed by atoms with van der Waals surface area (Å²) in [6.07, 6.45) is 1.29. The molecule has 0 aliphatic carbocycles. The van der Waals surface area contributed by atoms with Gasteiger partial charge >= 0.3 is 0 Å². The van der Waals surface area contributed by atoms with Gasteiger partial charge in [-0.2, -0.15) is 0 Å². The summed E-state index contributed by atoms with van der Waals surface area (Å²) in [7, 11) is 1.74. The third-order valence-corrected chi connectivity index (χ3v) is 4.00. The first-order valence-corrected chi connectivity index (χ1v) is 7.18. The molecule has 1 aromatic carbocycles. The van der Waals surface area contributed by atoms with E-state index in [2.05, 4.69) is 36.6 Å². The summed E-state index contributed by atoms with van der Waals surface area (Å²) in [6.45, 7) is 8.94. The van der Waals surface area contributed by atoms with Crippen LogP contribution in [0.2, 0.25) is 0 Å². The van der Waals surface area contributed by atoms with E-state index >= 15 is 0 Å². The predicted molar refractivity (Wildman–Crippen MR) is 79.9 cm³/mol. The van der Waals surface area contributed by atoms with Gasteiger partial charge in [-0.25, -0.2) is 0 Å². The number of methoxy groups -OCH3 is 1. The molecule has 0 amide bonds. The maximum absolute atomic E-state index is 5.47. The Morgan fingerprint density at radius 3 is 2.84 bits per heavy atom. The second-order valence-electron chi connectivity index (χ2n) is 6.07. The van der Waals surface area contributed by atoms with E-state index in [1.54, 1.807) is 7.11 Å². The monoisotopic (exact) mass is 262 g/mol. The van der Waals surface area contributed by atoms with Crippen LogP contribution in [0.15, 0.2) is 24.3 Å². The number of nitrogens with one attached hydrogen (secondary N) is 2. The van der Waals surface area contributed by atoms with Crippen molar-refractivity contribution < 1.29 is 4.74 Å². The van der Waals surface area contributed by atoms with Gasteiger partial charge in [-0.1, -0.05) is 32.0 Å². The van der Waals surface area contributed by atoms with E-state index in [4.69, 9.17) is 4.74 Å². The second kappa shape index (κ2) is 6.40. The van der Waals surface area contributed by atoms with Crippen LogP contribution in [0.25, 0.3) is 0 Å². The zero-order valence-electron chi connectivity index (χ0n) is 12.3. The lowest BCUT2D eigenvalue weighted by atomic mass is 9.84. The van der Waals surface area contributed by atoms with Crippen molar-refractivity contribution in [1.29, 1.82) is 0 Å². The third kappa shape index (κ3) is 3.71. The summed E-state index contributed by atoms with van der Waals surface area (Å²) in [5.74, 6) is 1.77. The highest BCUT2D eigenvalue weighted by Gasteiger charge is 2.24. The number of para-hydroxylation sites is 1. The van der Waals surface area contributed by atoms with Crippen LogP contribution in [-0.4, -0.2) is 33.3 Å². The molecule has 2 N–H and O–H groups in total. The predicted octanol–water partition coefficient (Wildman–Crippen LogP) is 2.17. The molecule has 1 atom stereocenters. The van der Waals surface area contributed by atoms with Crippen LogP contribution in [0.4, 0.5) is 0 Å². The van der Waals surface area contributed by atoms with Crippen LogP contribution < -0.4 is 15.4 Å². The van der Waals surface area contributed by atoms with E-state index in [9.17, 15) is 0 Å². The van der Waals surface area contributed by atoms with Gasteiger partial charge in [0.2, 0.25) is 0 Å². The van der Waals surface area contributed by atoms with Gasteiger partial charge in [0.1, 0.15) is 5.75 Å². The van der Waals surface area contributed by atoms with Gasteiger partial charge in [-0.3, -0.25) is 0 Å². The molecule has 1 unspecified atom stereocenters. The summed E-state index contributed by atoms with van der Waals surface area (Å²) >= 11 is 0. The van der Waals surface area contributed by atoms with E-state index in [0.29, 0.717) is 0 Å². The quantitative estimate of drug-likeness (QED) is 0.824. The minimum Gasteiger partial charge on any atom is -0.496 e. The molecule has 19 heavy (non-hydrogen) atoms. The molecule has 1 heterocycles. The Balaban J connectivity index is 1.92. The van der Waals surface area contributed by atoms with E-state index in [1.165, 1.54) is 18.5 Å². The van der Waals surface area contributed by atoms with Gasteiger partial charge in [0.05, 0.1) is 7.11 Å². The van der Waals surface area contributed by atoms with Crippen LogP contribution in [-0.2, 0) is 5.41 Å². The first-order valence-electron chi connectivity index (χ1n) is 7.18. The maximum atomic E-state index is 5.47. The summed E-state index contributed by atoms with van der Waals surface area (Å²) in [4.78, 5) is 0. The molecular weight excluding hydrogens is 236 g/mol. The van der Waals surface area contributed by atoms with Crippen LogP contribution in [0.5, 0.6) is 5.75 Å². The molecular formula is C16H26N2O. The Labute approximate surface area is 116 Å². The Morgan fingerprint density at radius 2 is 2.16 bits per heavy atom. The summed E-state index contributed by atoms with van der Waals surface area (Å²) in [5, 5.41) is 7.03. The molecule has 1 fully saturated rings. The average molecular weight is 262 g/mol. The minimum absolute atomic E-state index is 0.0820. The molecule has 1 aliphatic rings. The molecule has 0 radical (unpaired) electrons. The van der Waals surface area contributed by atoms with Crippen molar-refractivity contribution in [2.24, 2.45) is 5.92 Å². The minimum atomic E-state index is 0.0820. The van der Waals surface area contributed by atoms with Gasteiger partial charge in [-0.15, -0.1) is 0 Å². The molecule has 106 valence electrons. The summed E-state index contributed by atoms with van der Waals surface area (Å²) in [5.41, 5.74) is 1.35. The van der Waals surface area contributed by atoms with Crippen LogP contribution >= 0.6 is 0 Å². The molecule has 1 aliphatic heterocycles. The topological polar surface area (TPSA) is 33.3 Å². The first kappa shape index (κ1) is 14.4. The summed E-state index contributed by atoms with van der Waals surface area (Å²) in [6, 6.07) is 8.31. The standard InChI is InChI=1S/C16H26N2O/c1-16(2,12-18-11-13-8-9-17-10-13)14-6-4-5-7-15(14)19-3/h4-7,13,17-18H,8-12H2,1-3H3. The van der Waals surface area contributed by atoms with Gasteiger partial charge < -0.3 is 15.4 Å². The number of benzene rings is 1. The number of hydrogen-bond donors (Lipinski definition) is 2. The van der Waals surface area contributed by atoms with Crippen molar-refractivity contribution >= 4 is 0 Å². The SMILES string of the molecule is COc1ccccc1C(C)(C)CNCC1CCNC1. The number of ether oxygens (including phenoxy) is 1. The fourth-order valence-corrected chi connectivity index (χ4v) is 2.78. The fourth-order valence-electron chi connectivity index (χ4n) is 2.78. The van der Waals surface area contributed by atoms with Gasteiger partial charge in [0.25, 0.3) is 0 Å². The maximum Gasteiger partial charge on any atom is 0.122 e. The normalized spacial score (nSPS) is 19.6. The molecule has 0 aromatic heterocycles. The first-order chi connectivity index (χ1) is 9.13. The van der Waals surface area contributed by atoms with Crippen molar-refractivity contribution in [1.82, 2.24) is 10.6 Å². The van der Waals surface area contributed by atoms with Crippen molar-refractivity contribution in [3.63, 3.8) is 0 Å². The molecule has 3 heteroatoms. The van der Waals surface area contributed by atoms with Crippen molar-refractivity contribution in [3.8, 4) is 5.75 Å². The molecule has 3 nitrogen and oxygen atoms in total. The molecule has 1 saturated heterocycles. The fraction of sp³-hybridized carbons (Fsp3) is 0.625. The lowest BCUT2D eigenvalue weighted by Crippen LogP contribution is -2.36. The highest BCUT2D eigenvalue weighted by molar-refractivity contribution is 5.39. The highest BCUT2D eigenvalue weighted by atomic mass is 16.5. The Bertz CT molecular complexity index is 397. The van der Waals surface area contributed by atoms with Crippen LogP contribution in [0.1, 0.15) is 25.8 Å². The van der Waals surface area contributed by atoms with E-state index < -0.39 is 0 Å². The van der Waals surface area contributed by atoms with Crippen molar-refractivity contribution in [3.05, 3.63) is 29.8 Å². The van der Waals surface area contributed by atoms with Gasteiger partial charge in [0, 0.05) is 17.5 Å². The zero-order chi connectivity index (χ0) is 13.7. The van der Waals surface area contributed by atoms with Gasteiger partial charge in [-0.05, 0) is 38.0 Å². The second-order valence-corrected chi connectivity index (χ2v) is 6.07. The lowest BCUT2D eigenvalue weighted by Gasteiger charge is -2.28.